The predicted octanol–water partition coefficient (Wildman–Crippen LogP) is 3.00. The van der Waals surface area contributed by atoms with Gasteiger partial charge in [-0.25, -0.2) is 4.79 Å². The summed E-state index contributed by atoms with van der Waals surface area (Å²) in [5, 5.41) is 0.156. The fourth-order valence-corrected chi connectivity index (χ4v) is 2.17. The van der Waals surface area contributed by atoms with Crippen LogP contribution in [0.5, 0.6) is 0 Å². The van der Waals surface area contributed by atoms with Gasteiger partial charge in [-0.05, 0) is 17.3 Å². The largest absolute Gasteiger partial charge is 0.329 e. The highest BCUT2D eigenvalue weighted by atomic mass is 35.5. The van der Waals surface area contributed by atoms with Gasteiger partial charge >= 0.3 is 5.69 Å². The van der Waals surface area contributed by atoms with E-state index in [1.54, 1.807) is 0 Å². The number of hydrogen-bond acceptors (Lipinski definition) is 2. The van der Waals surface area contributed by atoms with Crippen molar-refractivity contribution in [3.8, 4) is 0 Å². The molecule has 0 aromatic carbocycles. The molecule has 1 aromatic rings. The smallest absolute Gasteiger partial charge is 0.297 e. The van der Waals surface area contributed by atoms with Crippen LogP contribution in [0.3, 0.4) is 0 Å². The molecule has 1 rings (SSSR count). The molecule has 0 radical (unpaired) electrons. The molecule has 19 heavy (non-hydrogen) atoms. The molecule has 0 spiro atoms. The Morgan fingerprint density at radius 2 is 1.74 bits per heavy atom. The lowest BCUT2D eigenvalue weighted by molar-refractivity contribution is 0.203. The topological polar surface area (TPSA) is 54.9 Å². The molecule has 5 heteroatoms. The molecule has 0 aliphatic carbocycles. The van der Waals surface area contributed by atoms with Crippen LogP contribution in [0.25, 0.3) is 0 Å². The highest BCUT2D eigenvalue weighted by molar-refractivity contribution is 6.30. The first kappa shape index (κ1) is 16.0. The molecule has 1 aromatic heterocycles. The molecule has 0 amide bonds. The maximum Gasteiger partial charge on any atom is 0.329 e. The number of H-pyrrole nitrogens is 1. The molecule has 0 aliphatic rings. The van der Waals surface area contributed by atoms with Crippen LogP contribution in [0.2, 0.25) is 5.15 Å². The summed E-state index contributed by atoms with van der Waals surface area (Å²) in [5.41, 5.74) is -0.384. The van der Waals surface area contributed by atoms with E-state index in [1.807, 2.05) is 27.7 Å². The maximum absolute atomic E-state index is 12.4. The summed E-state index contributed by atoms with van der Waals surface area (Å²) >= 11 is 5.97. The van der Waals surface area contributed by atoms with Gasteiger partial charge in [0.25, 0.3) is 5.56 Å². The summed E-state index contributed by atoms with van der Waals surface area (Å²) in [6.45, 7) is 12.4. The molecule has 0 atom stereocenters. The zero-order chi connectivity index (χ0) is 15.0. The van der Waals surface area contributed by atoms with E-state index in [-0.39, 0.29) is 22.0 Å². The number of rotatable bonds is 4. The van der Waals surface area contributed by atoms with E-state index < -0.39 is 5.69 Å². The minimum atomic E-state index is -0.437. The maximum atomic E-state index is 12.4. The Kier molecular flexibility index (Phi) is 4.67. The first-order valence-electron chi connectivity index (χ1n) is 6.60. The van der Waals surface area contributed by atoms with Gasteiger partial charge < -0.3 is 0 Å². The summed E-state index contributed by atoms with van der Waals surface area (Å²) < 4.78 is 1.27. The van der Waals surface area contributed by atoms with Crippen LogP contribution in [-0.2, 0) is 6.54 Å². The molecular formula is C14H23ClN2O2. The summed E-state index contributed by atoms with van der Waals surface area (Å²) in [6.07, 6.45) is 0. The first-order valence-corrected chi connectivity index (χ1v) is 6.98. The normalized spacial score (nSPS) is 12.5. The van der Waals surface area contributed by atoms with Crippen molar-refractivity contribution >= 4 is 11.6 Å². The Bertz CT molecular complexity index is 568. The van der Waals surface area contributed by atoms with Crippen molar-refractivity contribution in [1.82, 2.24) is 9.55 Å². The molecule has 0 bridgehead atoms. The Labute approximate surface area is 118 Å². The monoisotopic (exact) mass is 286 g/mol. The minimum Gasteiger partial charge on any atom is -0.297 e. The number of halogens is 1. The molecule has 0 aliphatic heterocycles. The van der Waals surface area contributed by atoms with Crippen LogP contribution in [-0.4, -0.2) is 9.55 Å². The van der Waals surface area contributed by atoms with Gasteiger partial charge in [0.15, 0.2) is 0 Å². The standard InChI is InChI=1S/C14H23ClN2O2/c1-8(2)10-11(15)16-13(19)17(12(10)18)7-14(5,6)9(3)4/h8-9H,7H2,1-6H3,(H,16,19). The van der Waals surface area contributed by atoms with E-state index in [0.29, 0.717) is 18.0 Å². The van der Waals surface area contributed by atoms with Gasteiger partial charge in [0, 0.05) is 6.54 Å². The molecule has 0 unspecified atom stereocenters. The Hall–Kier alpha value is -1.03. The second-order valence-electron chi connectivity index (χ2n) is 6.35. The third-order valence-corrected chi connectivity index (χ3v) is 4.18. The Morgan fingerprint density at radius 1 is 1.21 bits per heavy atom. The van der Waals surface area contributed by atoms with Gasteiger partial charge in [-0.15, -0.1) is 0 Å². The van der Waals surface area contributed by atoms with Crippen molar-refractivity contribution in [2.24, 2.45) is 11.3 Å². The average molecular weight is 287 g/mol. The molecule has 0 fully saturated rings. The van der Waals surface area contributed by atoms with Crippen molar-refractivity contribution in [3.63, 3.8) is 0 Å². The Balaban J connectivity index is 3.42. The van der Waals surface area contributed by atoms with Gasteiger partial charge in [-0.1, -0.05) is 53.1 Å². The fraction of sp³-hybridized carbons (Fsp3) is 0.714. The number of nitrogens with one attached hydrogen (secondary N) is 1. The molecule has 1 N–H and O–H groups in total. The quantitative estimate of drug-likeness (QED) is 0.865. The molecule has 108 valence electrons. The summed E-state index contributed by atoms with van der Waals surface area (Å²) in [4.78, 5) is 26.9. The third-order valence-electron chi connectivity index (χ3n) is 3.88. The lowest BCUT2D eigenvalue weighted by Crippen LogP contribution is -2.42. The van der Waals surface area contributed by atoms with Gasteiger partial charge in [0.1, 0.15) is 5.15 Å². The first-order chi connectivity index (χ1) is 8.58. The van der Waals surface area contributed by atoms with Crippen LogP contribution in [0.15, 0.2) is 9.59 Å². The van der Waals surface area contributed by atoms with Crippen LogP contribution >= 0.6 is 11.6 Å². The summed E-state index contributed by atoms with van der Waals surface area (Å²) in [6, 6.07) is 0. The number of hydrogen-bond donors (Lipinski definition) is 1. The minimum absolute atomic E-state index is 0.0229. The molecule has 4 nitrogen and oxygen atoms in total. The fourth-order valence-electron chi connectivity index (χ4n) is 1.79. The molecule has 0 saturated heterocycles. The van der Waals surface area contributed by atoms with Crippen LogP contribution in [0, 0.1) is 11.3 Å². The highest BCUT2D eigenvalue weighted by Gasteiger charge is 2.26. The average Bonchev–Trinajstić information content (AvgIpc) is 2.23. The van der Waals surface area contributed by atoms with Crippen LogP contribution in [0.1, 0.15) is 53.0 Å². The van der Waals surface area contributed by atoms with E-state index in [0.717, 1.165) is 0 Å². The van der Waals surface area contributed by atoms with E-state index in [1.165, 1.54) is 4.57 Å². The van der Waals surface area contributed by atoms with E-state index in [4.69, 9.17) is 11.6 Å². The van der Waals surface area contributed by atoms with E-state index in [9.17, 15) is 9.59 Å². The number of aromatic amines is 1. The van der Waals surface area contributed by atoms with Crippen molar-refractivity contribution < 1.29 is 0 Å². The SMILES string of the molecule is CC(C)c1c(Cl)[nH]c(=O)n(CC(C)(C)C(C)C)c1=O. The molecule has 1 heterocycles. The zero-order valence-corrected chi connectivity index (χ0v) is 13.3. The Morgan fingerprint density at radius 3 is 2.16 bits per heavy atom. The number of nitrogens with zero attached hydrogens (tertiary/aromatic N) is 1. The van der Waals surface area contributed by atoms with Crippen LogP contribution < -0.4 is 11.2 Å². The lowest BCUT2D eigenvalue weighted by Gasteiger charge is -2.29. The number of aromatic nitrogens is 2. The van der Waals surface area contributed by atoms with Crippen molar-refractivity contribution in [1.29, 1.82) is 0 Å². The third kappa shape index (κ3) is 3.30. The highest BCUT2D eigenvalue weighted by Crippen LogP contribution is 2.27. The second kappa shape index (κ2) is 5.53. The predicted molar refractivity (Wildman–Crippen MR) is 79.0 cm³/mol. The molecular weight excluding hydrogens is 264 g/mol. The zero-order valence-electron chi connectivity index (χ0n) is 12.5. The van der Waals surface area contributed by atoms with Gasteiger partial charge in [0.05, 0.1) is 5.56 Å². The van der Waals surface area contributed by atoms with Crippen molar-refractivity contribution in [3.05, 3.63) is 31.6 Å². The molecule has 0 saturated carbocycles. The summed E-state index contributed by atoms with van der Waals surface area (Å²) in [7, 11) is 0. The second-order valence-corrected chi connectivity index (χ2v) is 6.73. The van der Waals surface area contributed by atoms with E-state index >= 15 is 0 Å². The van der Waals surface area contributed by atoms with Crippen LogP contribution in [0.4, 0.5) is 0 Å². The van der Waals surface area contributed by atoms with Gasteiger partial charge in [-0.2, -0.15) is 0 Å². The van der Waals surface area contributed by atoms with E-state index in [2.05, 4.69) is 18.8 Å². The van der Waals surface area contributed by atoms with Gasteiger partial charge in [0.2, 0.25) is 0 Å². The lowest BCUT2D eigenvalue weighted by atomic mass is 9.81. The van der Waals surface area contributed by atoms with Gasteiger partial charge in [-0.3, -0.25) is 14.3 Å². The summed E-state index contributed by atoms with van der Waals surface area (Å²) in [5.74, 6) is 0.335. The van der Waals surface area contributed by atoms with Crippen molar-refractivity contribution in [2.75, 3.05) is 0 Å². The van der Waals surface area contributed by atoms with Crippen molar-refractivity contribution in [2.45, 2.75) is 54.0 Å².